The van der Waals surface area contributed by atoms with Gasteiger partial charge in [0.2, 0.25) is 0 Å². The summed E-state index contributed by atoms with van der Waals surface area (Å²) in [5.74, 6) is 0.285. The maximum atomic E-state index is 11.4. The van der Waals surface area contributed by atoms with Gasteiger partial charge in [-0.15, -0.1) is 0 Å². The van der Waals surface area contributed by atoms with Gasteiger partial charge < -0.3 is 5.73 Å². The Bertz CT molecular complexity index is 347. The molecule has 0 spiro atoms. The van der Waals surface area contributed by atoms with E-state index in [9.17, 15) is 4.79 Å². The van der Waals surface area contributed by atoms with Crippen molar-refractivity contribution in [2.75, 3.05) is 6.54 Å². The van der Waals surface area contributed by atoms with Crippen LogP contribution in [0, 0.1) is 0 Å². The normalized spacial score (nSPS) is 10.6. The molecule has 0 aliphatic carbocycles. The molecule has 76 valence electrons. The number of halogens is 1. The van der Waals surface area contributed by atoms with E-state index in [4.69, 9.17) is 17.3 Å². The number of ketones is 1. The molecule has 0 saturated heterocycles. The van der Waals surface area contributed by atoms with E-state index in [1.807, 2.05) is 12.1 Å². The number of carbonyl (C=O) groups excluding carboxylic acids is 1. The fourth-order valence-electron chi connectivity index (χ4n) is 1.22. The molecule has 0 bridgehead atoms. The first kappa shape index (κ1) is 11.2. The van der Waals surface area contributed by atoms with Gasteiger partial charge in [0.15, 0.2) is 5.78 Å². The third-order valence-corrected chi connectivity index (χ3v) is 2.31. The van der Waals surface area contributed by atoms with E-state index >= 15 is 0 Å². The van der Waals surface area contributed by atoms with Crippen molar-refractivity contribution in [3.8, 4) is 0 Å². The number of nitrogens with two attached hydrogens (primary N) is 1. The SMILES string of the molecule is CC(C)c1cc(Cl)cc(C(=O)CN)c1. The number of benzene rings is 1. The van der Waals surface area contributed by atoms with E-state index in [0.29, 0.717) is 16.5 Å². The Kier molecular flexibility index (Phi) is 3.67. The number of rotatable bonds is 3. The third-order valence-electron chi connectivity index (χ3n) is 2.09. The molecule has 0 saturated carbocycles. The maximum Gasteiger partial charge on any atom is 0.176 e. The maximum absolute atomic E-state index is 11.4. The van der Waals surface area contributed by atoms with Crippen LogP contribution in [0.25, 0.3) is 0 Å². The molecular formula is C11H14ClNO. The molecule has 0 aliphatic rings. The Morgan fingerprint density at radius 3 is 2.57 bits per heavy atom. The molecule has 0 aromatic heterocycles. The van der Waals surface area contributed by atoms with Crippen LogP contribution in [0.2, 0.25) is 5.02 Å². The molecule has 3 heteroatoms. The standard InChI is InChI=1S/C11H14ClNO/c1-7(2)8-3-9(11(14)6-13)5-10(12)4-8/h3-5,7H,6,13H2,1-2H3. The van der Waals surface area contributed by atoms with Crippen molar-refractivity contribution >= 4 is 17.4 Å². The quantitative estimate of drug-likeness (QED) is 0.782. The van der Waals surface area contributed by atoms with Gasteiger partial charge >= 0.3 is 0 Å². The third kappa shape index (κ3) is 2.56. The Hall–Kier alpha value is -0.860. The van der Waals surface area contributed by atoms with Gasteiger partial charge in [-0.05, 0) is 29.7 Å². The number of hydrogen-bond donors (Lipinski definition) is 1. The van der Waals surface area contributed by atoms with E-state index in [1.165, 1.54) is 0 Å². The Balaban J connectivity index is 3.13. The summed E-state index contributed by atoms with van der Waals surface area (Å²) in [6, 6.07) is 5.38. The molecule has 0 atom stereocenters. The van der Waals surface area contributed by atoms with Gasteiger partial charge in [-0.2, -0.15) is 0 Å². The monoisotopic (exact) mass is 211 g/mol. The van der Waals surface area contributed by atoms with E-state index in [0.717, 1.165) is 5.56 Å². The highest BCUT2D eigenvalue weighted by atomic mass is 35.5. The van der Waals surface area contributed by atoms with Crippen LogP contribution in [-0.4, -0.2) is 12.3 Å². The van der Waals surface area contributed by atoms with Crippen molar-refractivity contribution in [2.24, 2.45) is 5.73 Å². The minimum atomic E-state index is -0.0746. The summed E-state index contributed by atoms with van der Waals surface area (Å²) in [5, 5.41) is 0.591. The molecule has 1 aromatic carbocycles. The average molecular weight is 212 g/mol. The van der Waals surface area contributed by atoms with E-state index < -0.39 is 0 Å². The molecule has 2 nitrogen and oxygen atoms in total. The first-order valence-electron chi connectivity index (χ1n) is 4.58. The molecule has 0 heterocycles. The van der Waals surface area contributed by atoms with E-state index in [2.05, 4.69) is 13.8 Å². The second-order valence-electron chi connectivity index (χ2n) is 3.56. The first-order valence-corrected chi connectivity index (χ1v) is 4.96. The predicted molar refractivity (Wildman–Crippen MR) is 58.9 cm³/mol. The Morgan fingerprint density at radius 1 is 1.43 bits per heavy atom. The van der Waals surface area contributed by atoms with Gasteiger partial charge in [-0.3, -0.25) is 4.79 Å². The number of carbonyl (C=O) groups is 1. The molecule has 0 aliphatic heterocycles. The second kappa shape index (κ2) is 4.58. The molecule has 2 N–H and O–H groups in total. The van der Waals surface area contributed by atoms with Gasteiger partial charge in [0.25, 0.3) is 0 Å². The molecule has 0 fully saturated rings. The molecular weight excluding hydrogens is 198 g/mol. The molecule has 0 unspecified atom stereocenters. The Labute approximate surface area is 89.1 Å². The lowest BCUT2D eigenvalue weighted by Gasteiger charge is -2.08. The summed E-state index contributed by atoms with van der Waals surface area (Å²) in [4.78, 5) is 11.4. The van der Waals surface area contributed by atoms with E-state index in [1.54, 1.807) is 6.07 Å². The van der Waals surface area contributed by atoms with Gasteiger partial charge in [-0.1, -0.05) is 25.4 Å². The second-order valence-corrected chi connectivity index (χ2v) is 3.99. The van der Waals surface area contributed by atoms with Gasteiger partial charge in [0.05, 0.1) is 6.54 Å². The lowest BCUT2D eigenvalue weighted by molar-refractivity contribution is 0.100. The predicted octanol–water partition coefficient (Wildman–Crippen LogP) is 2.60. The number of hydrogen-bond acceptors (Lipinski definition) is 2. The van der Waals surface area contributed by atoms with Crippen molar-refractivity contribution in [2.45, 2.75) is 19.8 Å². The van der Waals surface area contributed by atoms with Gasteiger partial charge in [-0.25, -0.2) is 0 Å². The highest BCUT2D eigenvalue weighted by Crippen LogP contribution is 2.21. The van der Waals surface area contributed by atoms with Crippen LogP contribution in [-0.2, 0) is 0 Å². The van der Waals surface area contributed by atoms with Gasteiger partial charge in [0.1, 0.15) is 0 Å². The zero-order chi connectivity index (χ0) is 10.7. The molecule has 0 radical (unpaired) electrons. The van der Waals surface area contributed by atoms with Crippen molar-refractivity contribution in [1.82, 2.24) is 0 Å². The summed E-state index contributed by atoms with van der Waals surface area (Å²) in [6.07, 6.45) is 0. The molecule has 0 amide bonds. The van der Waals surface area contributed by atoms with Crippen LogP contribution in [0.5, 0.6) is 0 Å². The largest absolute Gasteiger partial charge is 0.324 e. The summed E-state index contributed by atoms with van der Waals surface area (Å²) in [5.41, 5.74) is 6.95. The highest BCUT2D eigenvalue weighted by molar-refractivity contribution is 6.31. The fourth-order valence-corrected chi connectivity index (χ4v) is 1.47. The topological polar surface area (TPSA) is 43.1 Å². The van der Waals surface area contributed by atoms with Crippen molar-refractivity contribution in [3.63, 3.8) is 0 Å². The fraction of sp³-hybridized carbons (Fsp3) is 0.364. The number of Topliss-reactive ketones (excluding diaryl/α,β-unsaturated/α-hetero) is 1. The first-order chi connectivity index (χ1) is 6.54. The van der Waals surface area contributed by atoms with Crippen LogP contribution in [0.3, 0.4) is 0 Å². The zero-order valence-corrected chi connectivity index (χ0v) is 9.14. The van der Waals surface area contributed by atoms with Crippen LogP contribution in [0.15, 0.2) is 18.2 Å². The molecule has 14 heavy (non-hydrogen) atoms. The molecule has 1 rings (SSSR count). The van der Waals surface area contributed by atoms with Crippen LogP contribution in [0.4, 0.5) is 0 Å². The zero-order valence-electron chi connectivity index (χ0n) is 8.38. The summed E-state index contributed by atoms with van der Waals surface area (Å²) in [7, 11) is 0. The van der Waals surface area contributed by atoms with Gasteiger partial charge in [0, 0.05) is 10.6 Å². The minimum absolute atomic E-state index is 0.0257. The van der Waals surface area contributed by atoms with Crippen molar-refractivity contribution in [1.29, 1.82) is 0 Å². The summed E-state index contributed by atoms with van der Waals surface area (Å²) in [6.45, 7) is 4.14. The summed E-state index contributed by atoms with van der Waals surface area (Å²) >= 11 is 5.90. The smallest absolute Gasteiger partial charge is 0.176 e. The van der Waals surface area contributed by atoms with Crippen molar-refractivity contribution in [3.05, 3.63) is 34.3 Å². The summed E-state index contributed by atoms with van der Waals surface area (Å²) < 4.78 is 0. The van der Waals surface area contributed by atoms with E-state index in [-0.39, 0.29) is 12.3 Å². The lowest BCUT2D eigenvalue weighted by Crippen LogP contribution is -2.13. The molecule has 1 aromatic rings. The Morgan fingerprint density at radius 2 is 2.07 bits per heavy atom. The van der Waals surface area contributed by atoms with Crippen LogP contribution < -0.4 is 5.73 Å². The minimum Gasteiger partial charge on any atom is -0.324 e. The van der Waals surface area contributed by atoms with Crippen LogP contribution in [0.1, 0.15) is 35.7 Å². The van der Waals surface area contributed by atoms with Crippen molar-refractivity contribution < 1.29 is 4.79 Å². The van der Waals surface area contributed by atoms with Crippen LogP contribution >= 0.6 is 11.6 Å². The highest BCUT2D eigenvalue weighted by Gasteiger charge is 2.08. The average Bonchev–Trinajstić information content (AvgIpc) is 2.15. The lowest BCUT2D eigenvalue weighted by atomic mass is 9.99.